The highest BCUT2D eigenvalue weighted by Gasteiger charge is 2.35. The first kappa shape index (κ1) is 31.6. The number of esters is 3. The minimum atomic E-state index is -0.985. The maximum Gasteiger partial charge on any atom is 0.303 e. The highest BCUT2D eigenvalue weighted by atomic mass is 16.6. The summed E-state index contributed by atoms with van der Waals surface area (Å²) in [6.07, 6.45) is 14.4. The normalized spacial score (nSPS) is 13.7. The largest absolute Gasteiger partial charge is 0.464 e. The monoisotopic (exact) mass is 483 g/mol. The van der Waals surface area contributed by atoms with Crippen molar-refractivity contribution in [1.82, 2.24) is 5.32 Å². The van der Waals surface area contributed by atoms with Crippen molar-refractivity contribution >= 4 is 23.8 Å². The van der Waals surface area contributed by atoms with E-state index < -0.39 is 36.2 Å². The summed E-state index contributed by atoms with van der Waals surface area (Å²) in [6, 6.07) is -0.845. The smallest absolute Gasteiger partial charge is 0.303 e. The SMILES string of the molecule is CCCCCCCCC/C=C\CCC[C@@H](OC(C)=O)[C@@H](OC(C)=O)[C@H](COC(C)=O)NC(C)=O. The van der Waals surface area contributed by atoms with Gasteiger partial charge in [0, 0.05) is 27.7 Å². The summed E-state index contributed by atoms with van der Waals surface area (Å²) in [6.45, 7) is 7.08. The van der Waals surface area contributed by atoms with Crippen molar-refractivity contribution in [3.8, 4) is 0 Å². The Kier molecular flexibility index (Phi) is 18.6. The molecular formula is C26H45NO7. The standard InChI is InChI=1S/C26H45NO7/c1-6-7-8-9-10-11-12-13-14-15-16-17-18-25(33-22(4)30)26(34-23(5)31)24(27-20(2)28)19-32-21(3)29/h14-15,24-26H,6-13,16-19H2,1-5H3,(H,27,28)/b15-14-/t24-,25+,26-/m0/s1. The van der Waals surface area contributed by atoms with Crippen molar-refractivity contribution in [2.45, 2.75) is 123 Å². The minimum Gasteiger partial charge on any atom is -0.464 e. The van der Waals surface area contributed by atoms with Crippen molar-refractivity contribution in [2.24, 2.45) is 0 Å². The molecule has 34 heavy (non-hydrogen) atoms. The molecule has 196 valence electrons. The van der Waals surface area contributed by atoms with Crippen LogP contribution in [0.5, 0.6) is 0 Å². The first-order valence-corrected chi connectivity index (χ1v) is 12.6. The van der Waals surface area contributed by atoms with E-state index in [-0.39, 0.29) is 12.5 Å². The van der Waals surface area contributed by atoms with E-state index in [0.29, 0.717) is 12.8 Å². The molecule has 0 aromatic rings. The molecule has 0 heterocycles. The quantitative estimate of drug-likeness (QED) is 0.122. The maximum absolute atomic E-state index is 11.8. The lowest BCUT2D eigenvalue weighted by Crippen LogP contribution is -2.53. The van der Waals surface area contributed by atoms with Crippen LogP contribution in [-0.2, 0) is 33.4 Å². The molecule has 0 aliphatic heterocycles. The zero-order valence-corrected chi connectivity index (χ0v) is 21.7. The minimum absolute atomic E-state index is 0.205. The summed E-state index contributed by atoms with van der Waals surface area (Å²) in [5.41, 5.74) is 0. The summed E-state index contributed by atoms with van der Waals surface area (Å²) in [4.78, 5) is 46.5. The highest BCUT2D eigenvalue weighted by Crippen LogP contribution is 2.18. The number of carbonyl (C=O) groups excluding carboxylic acids is 4. The van der Waals surface area contributed by atoms with Crippen LogP contribution in [0.25, 0.3) is 0 Å². The van der Waals surface area contributed by atoms with E-state index in [1.165, 1.54) is 72.6 Å². The zero-order valence-electron chi connectivity index (χ0n) is 21.7. The number of hydrogen-bond acceptors (Lipinski definition) is 7. The molecule has 8 heteroatoms. The molecule has 0 saturated carbocycles. The fourth-order valence-corrected chi connectivity index (χ4v) is 3.69. The summed E-state index contributed by atoms with van der Waals surface area (Å²) >= 11 is 0. The van der Waals surface area contributed by atoms with Crippen LogP contribution in [-0.4, -0.2) is 48.7 Å². The molecule has 0 unspecified atom stereocenters. The van der Waals surface area contributed by atoms with Gasteiger partial charge in [0.15, 0.2) is 6.10 Å². The Labute approximate surface area is 205 Å². The van der Waals surface area contributed by atoms with Gasteiger partial charge in [-0.2, -0.15) is 0 Å². The van der Waals surface area contributed by atoms with Crippen molar-refractivity contribution < 1.29 is 33.4 Å². The number of nitrogens with one attached hydrogen (secondary N) is 1. The van der Waals surface area contributed by atoms with E-state index in [0.717, 1.165) is 12.8 Å². The summed E-state index contributed by atoms with van der Waals surface area (Å²) in [5.74, 6) is -2.03. The van der Waals surface area contributed by atoms with Crippen LogP contribution in [0.2, 0.25) is 0 Å². The molecule has 0 radical (unpaired) electrons. The molecule has 0 saturated heterocycles. The summed E-state index contributed by atoms with van der Waals surface area (Å²) in [7, 11) is 0. The lowest BCUT2D eigenvalue weighted by molar-refractivity contribution is -0.171. The van der Waals surface area contributed by atoms with Crippen LogP contribution in [0, 0.1) is 0 Å². The molecule has 0 rings (SSSR count). The Morgan fingerprint density at radius 1 is 0.735 bits per heavy atom. The van der Waals surface area contributed by atoms with E-state index in [9.17, 15) is 19.2 Å². The number of unbranched alkanes of at least 4 members (excludes halogenated alkanes) is 8. The van der Waals surface area contributed by atoms with Crippen molar-refractivity contribution in [2.75, 3.05) is 6.61 Å². The van der Waals surface area contributed by atoms with Gasteiger partial charge in [-0.05, 0) is 32.1 Å². The van der Waals surface area contributed by atoms with E-state index in [1.54, 1.807) is 0 Å². The van der Waals surface area contributed by atoms with Gasteiger partial charge in [-0.25, -0.2) is 0 Å². The molecule has 0 aromatic heterocycles. The van der Waals surface area contributed by atoms with Crippen molar-refractivity contribution in [1.29, 1.82) is 0 Å². The van der Waals surface area contributed by atoms with Crippen molar-refractivity contribution in [3.05, 3.63) is 12.2 Å². The van der Waals surface area contributed by atoms with E-state index in [2.05, 4.69) is 24.4 Å². The molecule has 1 amide bonds. The molecule has 0 aliphatic rings. The average molecular weight is 484 g/mol. The molecule has 1 N–H and O–H groups in total. The molecule has 0 bridgehead atoms. The van der Waals surface area contributed by atoms with Gasteiger partial charge in [-0.15, -0.1) is 0 Å². The zero-order chi connectivity index (χ0) is 25.8. The number of carbonyl (C=O) groups is 4. The number of amides is 1. The molecule has 0 spiro atoms. The predicted molar refractivity (Wildman–Crippen MR) is 131 cm³/mol. The predicted octanol–water partition coefficient (Wildman–Crippen LogP) is 4.78. The number of allylic oxidation sites excluding steroid dienone is 2. The van der Waals surface area contributed by atoms with Crippen LogP contribution < -0.4 is 5.32 Å². The fourth-order valence-electron chi connectivity index (χ4n) is 3.69. The maximum atomic E-state index is 11.8. The van der Waals surface area contributed by atoms with Crippen LogP contribution in [0.1, 0.15) is 105 Å². The van der Waals surface area contributed by atoms with Crippen LogP contribution in [0.4, 0.5) is 0 Å². The third-order valence-corrected chi connectivity index (χ3v) is 5.24. The second-order valence-corrected chi connectivity index (χ2v) is 8.64. The van der Waals surface area contributed by atoms with Gasteiger partial charge in [0.05, 0.1) is 0 Å². The Morgan fingerprint density at radius 2 is 1.29 bits per heavy atom. The van der Waals surface area contributed by atoms with Crippen molar-refractivity contribution in [3.63, 3.8) is 0 Å². The van der Waals surface area contributed by atoms with Gasteiger partial charge in [0.1, 0.15) is 18.8 Å². The first-order valence-electron chi connectivity index (χ1n) is 12.6. The van der Waals surface area contributed by atoms with Crippen LogP contribution in [0.3, 0.4) is 0 Å². The summed E-state index contributed by atoms with van der Waals surface area (Å²) < 4.78 is 15.9. The summed E-state index contributed by atoms with van der Waals surface area (Å²) in [5, 5.41) is 2.64. The van der Waals surface area contributed by atoms with Gasteiger partial charge in [-0.3, -0.25) is 19.2 Å². The lowest BCUT2D eigenvalue weighted by Gasteiger charge is -2.32. The second-order valence-electron chi connectivity index (χ2n) is 8.64. The average Bonchev–Trinajstić information content (AvgIpc) is 2.74. The number of rotatable bonds is 19. The molecule has 0 aromatic carbocycles. The molecule has 0 aliphatic carbocycles. The lowest BCUT2D eigenvalue weighted by atomic mass is 9.99. The van der Waals surface area contributed by atoms with Crippen LogP contribution in [0.15, 0.2) is 12.2 Å². The molecule has 8 nitrogen and oxygen atoms in total. The van der Waals surface area contributed by atoms with Gasteiger partial charge in [0.2, 0.25) is 5.91 Å². The Morgan fingerprint density at radius 3 is 1.82 bits per heavy atom. The molecular weight excluding hydrogens is 438 g/mol. The third-order valence-electron chi connectivity index (χ3n) is 5.24. The van der Waals surface area contributed by atoms with Crippen LogP contribution >= 0.6 is 0 Å². The van der Waals surface area contributed by atoms with Gasteiger partial charge >= 0.3 is 17.9 Å². The van der Waals surface area contributed by atoms with Gasteiger partial charge in [0.25, 0.3) is 0 Å². The highest BCUT2D eigenvalue weighted by molar-refractivity contribution is 5.73. The van der Waals surface area contributed by atoms with Gasteiger partial charge in [-0.1, -0.05) is 57.6 Å². The fraction of sp³-hybridized carbons (Fsp3) is 0.769. The first-order chi connectivity index (χ1) is 16.2. The second kappa shape index (κ2) is 20.0. The Bertz CT molecular complexity index is 633. The van der Waals surface area contributed by atoms with E-state index in [1.807, 2.05) is 0 Å². The molecule has 0 fully saturated rings. The number of ether oxygens (including phenoxy) is 3. The Hall–Kier alpha value is -2.38. The van der Waals surface area contributed by atoms with E-state index in [4.69, 9.17) is 14.2 Å². The Balaban J connectivity index is 4.86. The van der Waals surface area contributed by atoms with Gasteiger partial charge < -0.3 is 19.5 Å². The topological polar surface area (TPSA) is 108 Å². The van der Waals surface area contributed by atoms with E-state index >= 15 is 0 Å². The number of hydrogen-bond donors (Lipinski definition) is 1. The third kappa shape index (κ3) is 18.1. The molecule has 3 atom stereocenters.